The summed E-state index contributed by atoms with van der Waals surface area (Å²) in [5.41, 5.74) is 0.364. The Bertz CT molecular complexity index is 277. The van der Waals surface area contributed by atoms with Gasteiger partial charge >= 0.3 is 14.8 Å². The molecule has 0 rings (SSSR count). The van der Waals surface area contributed by atoms with Crippen LogP contribution in [-0.2, 0) is 18.1 Å². The summed E-state index contributed by atoms with van der Waals surface area (Å²) in [6, 6.07) is 0.627. The summed E-state index contributed by atoms with van der Waals surface area (Å²) in [5.74, 6) is -0.434. The standard InChI is InChI=1S/C13H26O4Si/c1-8-9-18(15-11(4)5,16-12(6)7)17-13(14)10(2)3/h11-12H,2,8-9H2,1,3-7H3. The zero-order valence-corrected chi connectivity index (χ0v) is 13.4. The molecule has 0 heterocycles. The third kappa shape index (κ3) is 6.33. The fraction of sp³-hybridized carbons (Fsp3) is 0.769. The third-order valence-electron chi connectivity index (χ3n) is 1.98. The molecule has 0 saturated carbocycles. The van der Waals surface area contributed by atoms with Crippen LogP contribution < -0.4 is 0 Å². The van der Waals surface area contributed by atoms with Crippen LogP contribution in [0.1, 0.15) is 48.0 Å². The Morgan fingerprint density at radius 2 is 1.61 bits per heavy atom. The summed E-state index contributed by atoms with van der Waals surface area (Å²) in [4.78, 5) is 11.7. The lowest BCUT2D eigenvalue weighted by atomic mass is 10.4. The van der Waals surface area contributed by atoms with Crippen LogP contribution in [-0.4, -0.2) is 27.0 Å². The van der Waals surface area contributed by atoms with Gasteiger partial charge in [-0.1, -0.05) is 19.9 Å². The molecule has 0 unspecified atom stereocenters. The van der Waals surface area contributed by atoms with Crippen molar-refractivity contribution in [2.24, 2.45) is 0 Å². The summed E-state index contributed by atoms with van der Waals surface area (Å²) in [5, 5.41) is 0. The first-order valence-electron chi connectivity index (χ1n) is 6.47. The largest absolute Gasteiger partial charge is 0.568 e. The van der Waals surface area contributed by atoms with Crippen molar-refractivity contribution in [2.45, 2.75) is 66.2 Å². The first-order chi connectivity index (χ1) is 8.22. The number of hydrogen-bond acceptors (Lipinski definition) is 4. The Hall–Kier alpha value is -0.653. The highest BCUT2D eigenvalue weighted by molar-refractivity contribution is 6.62. The van der Waals surface area contributed by atoms with E-state index in [1.54, 1.807) is 6.92 Å². The maximum atomic E-state index is 11.7. The molecule has 0 fully saturated rings. The van der Waals surface area contributed by atoms with Crippen molar-refractivity contribution in [1.29, 1.82) is 0 Å². The molecule has 0 aliphatic carbocycles. The smallest absolute Gasteiger partial charge is 0.470 e. The van der Waals surface area contributed by atoms with Crippen LogP contribution in [0.2, 0.25) is 6.04 Å². The Balaban J connectivity index is 5.03. The molecule has 0 saturated heterocycles. The van der Waals surface area contributed by atoms with Gasteiger partial charge in [0.2, 0.25) is 0 Å². The van der Waals surface area contributed by atoms with Crippen LogP contribution in [0.4, 0.5) is 0 Å². The molecule has 0 aliphatic rings. The molecule has 0 aromatic rings. The van der Waals surface area contributed by atoms with E-state index in [-0.39, 0.29) is 12.2 Å². The second kappa shape index (κ2) is 7.71. The fourth-order valence-electron chi connectivity index (χ4n) is 1.50. The highest BCUT2D eigenvalue weighted by atomic mass is 28.4. The summed E-state index contributed by atoms with van der Waals surface area (Å²) < 4.78 is 17.2. The van der Waals surface area contributed by atoms with Gasteiger partial charge in [-0.3, -0.25) is 0 Å². The molecule has 106 valence electrons. The normalized spacial score (nSPS) is 12.0. The summed E-state index contributed by atoms with van der Waals surface area (Å²) in [6.07, 6.45) is 0.759. The van der Waals surface area contributed by atoms with E-state index in [0.717, 1.165) is 6.42 Å². The van der Waals surface area contributed by atoms with Crippen molar-refractivity contribution in [3.8, 4) is 0 Å². The van der Waals surface area contributed by atoms with E-state index in [0.29, 0.717) is 11.6 Å². The van der Waals surface area contributed by atoms with E-state index in [9.17, 15) is 4.79 Å². The zero-order valence-electron chi connectivity index (χ0n) is 12.4. The van der Waals surface area contributed by atoms with Crippen molar-refractivity contribution in [2.75, 3.05) is 0 Å². The molecule has 0 bridgehead atoms. The van der Waals surface area contributed by atoms with Crippen LogP contribution in [0.25, 0.3) is 0 Å². The van der Waals surface area contributed by atoms with E-state index in [1.165, 1.54) is 0 Å². The van der Waals surface area contributed by atoms with Gasteiger partial charge in [0, 0.05) is 23.8 Å². The zero-order chi connectivity index (χ0) is 14.3. The molecule has 0 aliphatic heterocycles. The van der Waals surface area contributed by atoms with Gasteiger partial charge in [-0.15, -0.1) is 0 Å². The first-order valence-corrected chi connectivity index (χ1v) is 8.40. The van der Waals surface area contributed by atoms with Crippen molar-refractivity contribution < 1.29 is 18.1 Å². The molecule has 0 N–H and O–H groups in total. The van der Waals surface area contributed by atoms with Crippen LogP contribution >= 0.6 is 0 Å². The molecule has 5 heteroatoms. The molecule has 0 aromatic carbocycles. The minimum Gasteiger partial charge on any atom is -0.470 e. The van der Waals surface area contributed by atoms with Crippen molar-refractivity contribution in [1.82, 2.24) is 0 Å². The van der Waals surface area contributed by atoms with E-state index in [4.69, 9.17) is 13.3 Å². The molecule has 0 amide bonds. The molecular weight excluding hydrogens is 248 g/mol. The van der Waals surface area contributed by atoms with Gasteiger partial charge in [-0.05, 0) is 34.6 Å². The summed E-state index contributed by atoms with van der Waals surface area (Å²) >= 11 is 0. The Morgan fingerprint density at radius 1 is 1.17 bits per heavy atom. The molecule has 4 nitrogen and oxygen atoms in total. The number of hydrogen-bond donors (Lipinski definition) is 0. The van der Waals surface area contributed by atoms with Gasteiger partial charge in [0.15, 0.2) is 0 Å². The van der Waals surface area contributed by atoms with Gasteiger partial charge < -0.3 is 13.3 Å². The van der Waals surface area contributed by atoms with Crippen molar-refractivity contribution >= 4 is 14.8 Å². The van der Waals surface area contributed by atoms with E-state index < -0.39 is 14.8 Å². The Kier molecular flexibility index (Phi) is 7.43. The molecule has 0 radical (unpaired) electrons. The third-order valence-corrected chi connectivity index (χ3v) is 5.25. The molecular formula is C13H26O4Si. The van der Waals surface area contributed by atoms with E-state index in [2.05, 4.69) is 6.58 Å². The van der Waals surface area contributed by atoms with Crippen LogP contribution in [0.3, 0.4) is 0 Å². The molecule has 0 atom stereocenters. The van der Waals surface area contributed by atoms with Gasteiger partial charge in [0.05, 0.1) is 0 Å². The average molecular weight is 274 g/mol. The highest BCUT2D eigenvalue weighted by Gasteiger charge is 2.46. The van der Waals surface area contributed by atoms with E-state index >= 15 is 0 Å². The van der Waals surface area contributed by atoms with Crippen LogP contribution in [0, 0.1) is 0 Å². The number of carbonyl (C=O) groups is 1. The van der Waals surface area contributed by atoms with Gasteiger partial charge in [0.25, 0.3) is 0 Å². The molecule has 18 heavy (non-hydrogen) atoms. The fourth-order valence-corrected chi connectivity index (χ4v) is 4.49. The number of rotatable bonds is 8. The van der Waals surface area contributed by atoms with Crippen molar-refractivity contribution in [3.63, 3.8) is 0 Å². The second-order valence-corrected chi connectivity index (χ2v) is 7.48. The van der Waals surface area contributed by atoms with Crippen LogP contribution in [0.5, 0.6) is 0 Å². The minimum atomic E-state index is -2.96. The first kappa shape index (κ1) is 17.3. The van der Waals surface area contributed by atoms with Crippen molar-refractivity contribution in [3.05, 3.63) is 12.2 Å². The SMILES string of the molecule is C=C(C)C(=O)O[Si](CCC)(OC(C)C)OC(C)C. The van der Waals surface area contributed by atoms with Gasteiger partial charge in [-0.25, -0.2) is 4.79 Å². The second-order valence-electron chi connectivity index (χ2n) is 4.94. The van der Waals surface area contributed by atoms with Crippen LogP contribution in [0.15, 0.2) is 12.2 Å². The molecule has 0 spiro atoms. The van der Waals surface area contributed by atoms with Gasteiger partial charge in [-0.2, -0.15) is 0 Å². The Labute approximate surface area is 112 Å². The van der Waals surface area contributed by atoms with E-state index in [1.807, 2.05) is 34.6 Å². The predicted molar refractivity (Wildman–Crippen MR) is 74.2 cm³/mol. The topological polar surface area (TPSA) is 44.8 Å². The number of carbonyl (C=O) groups excluding carboxylic acids is 1. The average Bonchev–Trinajstić information content (AvgIpc) is 2.14. The Morgan fingerprint density at radius 3 is 1.89 bits per heavy atom. The molecule has 0 aromatic heterocycles. The van der Waals surface area contributed by atoms with Gasteiger partial charge in [0.1, 0.15) is 0 Å². The predicted octanol–water partition coefficient (Wildman–Crippen LogP) is 3.30. The lowest BCUT2D eigenvalue weighted by Crippen LogP contribution is -2.50. The quantitative estimate of drug-likeness (QED) is 0.503. The summed E-state index contributed by atoms with van der Waals surface area (Å²) in [6.45, 7) is 14.9. The lowest BCUT2D eigenvalue weighted by Gasteiger charge is -2.32. The lowest BCUT2D eigenvalue weighted by molar-refractivity contribution is -0.136. The highest BCUT2D eigenvalue weighted by Crippen LogP contribution is 2.22. The monoisotopic (exact) mass is 274 g/mol. The maximum Gasteiger partial charge on any atom is 0.568 e. The minimum absolute atomic E-state index is 0.0418. The maximum absolute atomic E-state index is 11.7. The summed E-state index contributed by atoms with van der Waals surface area (Å²) in [7, 11) is -2.96.